The molecular formula is C19H18Cl2FN3. The van der Waals surface area contributed by atoms with Gasteiger partial charge in [0.25, 0.3) is 0 Å². The topological polar surface area (TPSA) is 30.7 Å². The van der Waals surface area contributed by atoms with Gasteiger partial charge in [0.05, 0.1) is 15.6 Å². The Balaban J connectivity index is 2.01. The number of nitrogens with zero attached hydrogens (tertiary/aromatic N) is 3. The number of unbranched alkanes of at least 4 members (excludes halogenated alkanes) is 1. The lowest BCUT2D eigenvalue weighted by Crippen LogP contribution is -1.96. The zero-order chi connectivity index (χ0) is 18.0. The van der Waals surface area contributed by atoms with Gasteiger partial charge >= 0.3 is 0 Å². The second-order valence-electron chi connectivity index (χ2n) is 5.90. The van der Waals surface area contributed by atoms with Gasteiger partial charge in [0.2, 0.25) is 0 Å². The zero-order valence-corrected chi connectivity index (χ0v) is 15.6. The van der Waals surface area contributed by atoms with Crippen LogP contribution >= 0.6 is 23.2 Å². The Morgan fingerprint density at radius 2 is 1.92 bits per heavy atom. The zero-order valence-electron chi connectivity index (χ0n) is 14.1. The SMILES string of the molecule is CCCCc1ccc(-c2nc(-c3c(F)cccc3Cl)nn2C)c(Cl)c1. The lowest BCUT2D eigenvalue weighted by atomic mass is 10.1. The minimum atomic E-state index is -0.453. The van der Waals surface area contributed by atoms with Gasteiger partial charge in [-0.05, 0) is 42.7 Å². The molecule has 0 radical (unpaired) electrons. The van der Waals surface area contributed by atoms with Crippen molar-refractivity contribution >= 4 is 23.2 Å². The second-order valence-corrected chi connectivity index (χ2v) is 6.71. The first-order valence-corrected chi connectivity index (χ1v) is 8.91. The van der Waals surface area contributed by atoms with Gasteiger partial charge in [0, 0.05) is 12.6 Å². The molecule has 0 aliphatic heterocycles. The normalized spacial score (nSPS) is 11.1. The highest BCUT2D eigenvalue weighted by Crippen LogP contribution is 2.32. The van der Waals surface area contributed by atoms with E-state index in [9.17, 15) is 4.39 Å². The van der Waals surface area contributed by atoms with Crippen LogP contribution in [0.25, 0.3) is 22.8 Å². The number of hydrogen-bond donors (Lipinski definition) is 0. The number of aryl methyl sites for hydroxylation is 2. The fourth-order valence-corrected chi connectivity index (χ4v) is 3.25. The molecule has 2 aromatic carbocycles. The Kier molecular flexibility index (Phi) is 5.40. The monoisotopic (exact) mass is 377 g/mol. The van der Waals surface area contributed by atoms with Crippen molar-refractivity contribution in [2.75, 3.05) is 0 Å². The molecule has 0 unspecified atom stereocenters. The second kappa shape index (κ2) is 7.54. The van der Waals surface area contributed by atoms with Crippen molar-refractivity contribution in [2.45, 2.75) is 26.2 Å². The average molecular weight is 378 g/mol. The van der Waals surface area contributed by atoms with Gasteiger partial charge in [0.1, 0.15) is 5.82 Å². The Bertz CT molecular complexity index is 885. The Labute approximate surface area is 156 Å². The summed E-state index contributed by atoms with van der Waals surface area (Å²) < 4.78 is 15.7. The molecule has 1 heterocycles. The molecule has 3 rings (SSSR count). The predicted octanol–water partition coefficient (Wildman–Crippen LogP) is 5.94. The molecule has 0 saturated heterocycles. The number of benzene rings is 2. The van der Waals surface area contributed by atoms with E-state index < -0.39 is 5.82 Å². The maximum Gasteiger partial charge on any atom is 0.186 e. The van der Waals surface area contributed by atoms with Gasteiger partial charge < -0.3 is 0 Å². The lowest BCUT2D eigenvalue weighted by molar-refractivity contribution is 0.629. The van der Waals surface area contributed by atoms with E-state index in [1.165, 1.54) is 11.6 Å². The van der Waals surface area contributed by atoms with Gasteiger partial charge in [-0.2, -0.15) is 5.10 Å². The summed E-state index contributed by atoms with van der Waals surface area (Å²) >= 11 is 12.6. The maximum absolute atomic E-state index is 14.1. The molecule has 0 N–H and O–H groups in total. The van der Waals surface area contributed by atoms with Crippen molar-refractivity contribution in [3.8, 4) is 22.8 Å². The number of aromatic nitrogens is 3. The predicted molar refractivity (Wildman–Crippen MR) is 100 cm³/mol. The first-order valence-electron chi connectivity index (χ1n) is 8.15. The minimum absolute atomic E-state index is 0.196. The van der Waals surface area contributed by atoms with Gasteiger partial charge in [-0.25, -0.2) is 14.1 Å². The lowest BCUT2D eigenvalue weighted by Gasteiger charge is -2.06. The van der Waals surface area contributed by atoms with Gasteiger partial charge in [-0.3, -0.25) is 0 Å². The molecule has 0 aliphatic rings. The van der Waals surface area contributed by atoms with Crippen LogP contribution in [0, 0.1) is 5.82 Å². The smallest absolute Gasteiger partial charge is 0.186 e. The number of rotatable bonds is 5. The molecule has 1 aromatic heterocycles. The number of hydrogen-bond acceptors (Lipinski definition) is 2. The summed E-state index contributed by atoms with van der Waals surface area (Å²) in [6.45, 7) is 2.16. The highest BCUT2D eigenvalue weighted by Gasteiger charge is 2.18. The van der Waals surface area contributed by atoms with Gasteiger partial charge in [0.15, 0.2) is 11.6 Å². The van der Waals surface area contributed by atoms with Crippen LogP contribution in [0.15, 0.2) is 36.4 Å². The molecule has 3 nitrogen and oxygen atoms in total. The van der Waals surface area contributed by atoms with E-state index in [1.54, 1.807) is 23.9 Å². The van der Waals surface area contributed by atoms with Crippen LogP contribution in [-0.2, 0) is 13.5 Å². The summed E-state index contributed by atoms with van der Waals surface area (Å²) in [4.78, 5) is 4.47. The van der Waals surface area contributed by atoms with Crippen molar-refractivity contribution in [2.24, 2.45) is 7.05 Å². The summed E-state index contributed by atoms with van der Waals surface area (Å²) in [5.74, 6) is 0.360. The van der Waals surface area contributed by atoms with Gasteiger partial charge in [-0.1, -0.05) is 48.7 Å². The fraction of sp³-hybridized carbons (Fsp3) is 0.263. The molecule has 0 fully saturated rings. The summed E-state index contributed by atoms with van der Waals surface area (Å²) in [6.07, 6.45) is 3.25. The number of halogens is 3. The van der Waals surface area contributed by atoms with Crippen LogP contribution in [0.5, 0.6) is 0 Å². The van der Waals surface area contributed by atoms with E-state index in [2.05, 4.69) is 17.0 Å². The van der Waals surface area contributed by atoms with Gasteiger partial charge in [-0.15, -0.1) is 0 Å². The highest BCUT2D eigenvalue weighted by atomic mass is 35.5. The first-order chi connectivity index (χ1) is 12.0. The molecule has 130 valence electrons. The molecule has 6 heteroatoms. The van der Waals surface area contributed by atoms with E-state index in [-0.39, 0.29) is 16.4 Å². The highest BCUT2D eigenvalue weighted by molar-refractivity contribution is 6.33. The van der Waals surface area contributed by atoms with E-state index >= 15 is 0 Å². The molecule has 3 aromatic rings. The quantitative estimate of drug-likeness (QED) is 0.550. The van der Waals surface area contributed by atoms with E-state index in [1.807, 2.05) is 18.2 Å². The molecule has 0 atom stereocenters. The van der Waals surface area contributed by atoms with Crippen molar-refractivity contribution in [3.05, 3.63) is 57.8 Å². The Hall–Kier alpha value is -1.91. The largest absolute Gasteiger partial charge is 0.248 e. The van der Waals surface area contributed by atoms with Crippen LogP contribution in [-0.4, -0.2) is 14.8 Å². The summed E-state index contributed by atoms with van der Waals surface area (Å²) in [6, 6.07) is 10.4. The third-order valence-electron chi connectivity index (χ3n) is 4.04. The Morgan fingerprint density at radius 3 is 2.60 bits per heavy atom. The van der Waals surface area contributed by atoms with E-state index in [0.717, 1.165) is 24.8 Å². The molecule has 0 aliphatic carbocycles. The van der Waals surface area contributed by atoms with Crippen LogP contribution in [0.3, 0.4) is 0 Å². The van der Waals surface area contributed by atoms with E-state index in [0.29, 0.717) is 10.8 Å². The summed E-state index contributed by atoms with van der Waals surface area (Å²) in [7, 11) is 1.75. The molecule has 25 heavy (non-hydrogen) atoms. The fourth-order valence-electron chi connectivity index (χ4n) is 2.71. The van der Waals surface area contributed by atoms with Crippen LogP contribution in [0.4, 0.5) is 4.39 Å². The standard InChI is InChI=1S/C19H18Cl2FN3/c1-3-4-6-12-9-10-13(15(21)11-12)19-23-18(24-25(19)2)17-14(20)7-5-8-16(17)22/h5,7-11H,3-4,6H2,1-2H3. The average Bonchev–Trinajstić information content (AvgIpc) is 2.94. The van der Waals surface area contributed by atoms with Crippen molar-refractivity contribution < 1.29 is 4.39 Å². The summed E-state index contributed by atoms with van der Waals surface area (Å²) in [5.41, 5.74) is 2.15. The Morgan fingerprint density at radius 1 is 1.12 bits per heavy atom. The molecule has 0 saturated carbocycles. The minimum Gasteiger partial charge on any atom is -0.248 e. The first kappa shape index (κ1) is 17.9. The summed E-state index contributed by atoms with van der Waals surface area (Å²) in [5, 5.41) is 5.20. The van der Waals surface area contributed by atoms with Crippen LogP contribution < -0.4 is 0 Å². The van der Waals surface area contributed by atoms with Crippen LogP contribution in [0.2, 0.25) is 10.0 Å². The molecule has 0 spiro atoms. The van der Waals surface area contributed by atoms with Crippen LogP contribution in [0.1, 0.15) is 25.3 Å². The van der Waals surface area contributed by atoms with Crippen molar-refractivity contribution in [3.63, 3.8) is 0 Å². The van der Waals surface area contributed by atoms with E-state index in [4.69, 9.17) is 23.2 Å². The molecule has 0 bridgehead atoms. The molecular weight excluding hydrogens is 360 g/mol. The third-order valence-corrected chi connectivity index (χ3v) is 4.67. The maximum atomic E-state index is 14.1. The third kappa shape index (κ3) is 3.70. The molecule has 0 amide bonds. The van der Waals surface area contributed by atoms with Crippen molar-refractivity contribution in [1.82, 2.24) is 14.8 Å². The van der Waals surface area contributed by atoms with Crippen molar-refractivity contribution in [1.29, 1.82) is 0 Å².